The van der Waals surface area contributed by atoms with E-state index in [0.717, 1.165) is 16.3 Å². The number of hydrogen-bond donors (Lipinski definition) is 1. The van der Waals surface area contributed by atoms with Gasteiger partial charge in [0, 0.05) is 5.02 Å². The van der Waals surface area contributed by atoms with Crippen LogP contribution in [-0.4, -0.2) is 24.2 Å². The van der Waals surface area contributed by atoms with Crippen LogP contribution in [0.3, 0.4) is 0 Å². The molecule has 0 aliphatic carbocycles. The third-order valence-corrected chi connectivity index (χ3v) is 5.24. The molecule has 7 heteroatoms. The van der Waals surface area contributed by atoms with Crippen LogP contribution in [-0.2, 0) is 4.79 Å². The molecule has 4 aromatic rings. The summed E-state index contributed by atoms with van der Waals surface area (Å²) in [5, 5.41) is 6.35. The number of benzene rings is 4. The maximum atomic E-state index is 12.7. The minimum absolute atomic E-state index is 0.396. The van der Waals surface area contributed by atoms with E-state index in [1.165, 1.54) is 6.21 Å². The van der Waals surface area contributed by atoms with Crippen molar-refractivity contribution < 1.29 is 19.1 Å². The number of carbonyl (C=O) groups excluding carboxylic acids is 2. The molecule has 1 unspecified atom stereocenters. The Bertz CT molecular complexity index is 1330. The van der Waals surface area contributed by atoms with Crippen molar-refractivity contribution >= 4 is 40.5 Å². The van der Waals surface area contributed by atoms with E-state index in [4.69, 9.17) is 21.1 Å². The molecule has 170 valence electrons. The van der Waals surface area contributed by atoms with E-state index in [1.54, 1.807) is 61.5 Å². The molecule has 0 saturated carbocycles. The number of rotatable bonds is 7. The third-order valence-electron chi connectivity index (χ3n) is 4.98. The van der Waals surface area contributed by atoms with Crippen molar-refractivity contribution in [3.8, 4) is 11.5 Å². The maximum Gasteiger partial charge on any atom is 0.344 e. The fourth-order valence-corrected chi connectivity index (χ4v) is 3.35. The molecular weight excluding hydrogens is 452 g/mol. The summed E-state index contributed by atoms with van der Waals surface area (Å²) < 4.78 is 11.1. The van der Waals surface area contributed by atoms with Gasteiger partial charge in [0.15, 0.2) is 6.10 Å². The second-order valence-electron chi connectivity index (χ2n) is 7.43. The van der Waals surface area contributed by atoms with E-state index in [9.17, 15) is 9.59 Å². The van der Waals surface area contributed by atoms with E-state index < -0.39 is 18.0 Å². The lowest BCUT2D eigenvalue weighted by Gasteiger charge is -2.12. The number of esters is 1. The first-order valence-electron chi connectivity index (χ1n) is 10.5. The molecule has 0 aliphatic heterocycles. The third kappa shape index (κ3) is 5.79. The van der Waals surface area contributed by atoms with Crippen molar-refractivity contribution in [1.82, 2.24) is 5.43 Å². The van der Waals surface area contributed by atoms with Crippen molar-refractivity contribution in [3.63, 3.8) is 0 Å². The molecule has 1 amide bonds. The van der Waals surface area contributed by atoms with Crippen LogP contribution in [0.4, 0.5) is 0 Å². The van der Waals surface area contributed by atoms with Crippen LogP contribution in [0.15, 0.2) is 96.1 Å². The van der Waals surface area contributed by atoms with Crippen LogP contribution in [0.5, 0.6) is 11.5 Å². The SMILES string of the molecule is CC(Oc1ccc(Cl)cc1)C(=O)N/N=C/c1ccc(OC(=O)c2cccc3ccccc23)cc1. The number of ether oxygens (including phenoxy) is 2. The van der Waals surface area contributed by atoms with Crippen molar-refractivity contribution in [3.05, 3.63) is 107 Å². The van der Waals surface area contributed by atoms with Crippen LogP contribution in [0.1, 0.15) is 22.8 Å². The summed E-state index contributed by atoms with van der Waals surface area (Å²) in [5.74, 6) is 0.112. The number of halogens is 1. The summed E-state index contributed by atoms with van der Waals surface area (Å²) in [6, 6.07) is 26.7. The number of carbonyl (C=O) groups is 2. The highest BCUT2D eigenvalue weighted by molar-refractivity contribution is 6.30. The van der Waals surface area contributed by atoms with E-state index in [1.807, 2.05) is 36.4 Å². The van der Waals surface area contributed by atoms with Gasteiger partial charge in [0.2, 0.25) is 0 Å². The lowest BCUT2D eigenvalue weighted by molar-refractivity contribution is -0.127. The van der Waals surface area contributed by atoms with Crippen LogP contribution < -0.4 is 14.9 Å². The molecule has 34 heavy (non-hydrogen) atoms. The van der Waals surface area contributed by atoms with E-state index in [0.29, 0.717) is 22.1 Å². The smallest absolute Gasteiger partial charge is 0.344 e. The highest BCUT2D eigenvalue weighted by Crippen LogP contribution is 2.21. The number of hydrogen-bond acceptors (Lipinski definition) is 5. The van der Waals surface area contributed by atoms with Crippen molar-refractivity contribution in [2.45, 2.75) is 13.0 Å². The Labute approximate surface area is 201 Å². The average Bonchev–Trinajstić information content (AvgIpc) is 2.86. The van der Waals surface area contributed by atoms with Crippen molar-refractivity contribution in [1.29, 1.82) is 0 Å². The summed E-state index contributed by atoms with van der Waals surface area (Å²) in [4.78, 5) is 24.8. The van der Waals surface area contributed by atoms with Gasteiger partial charge in [-0.25, -0.2) is 10.2 Å². The maximum absolute atomic E-state index is 12.7. The minimum atomic E-state index is -0.741. The molecule has 1 atom stereocenters. The highest BCUT2D eigenvalue weighted by atomic mass is 35.5. The van der Waals surface area contributed by atoms with E-state index in [2.05, 4.69) is 10.5 Å². The van der Waals surface area contributed by atoms with Gasteiger partial charge in [0.25, 0.3) is 5.91 Å². The molecule has 6 nitrogen and oxygen atoms in total. The fraction of sp³-hybridized carbons (Fsp3) is 0.0741. The van der Waals surface area contributed by atoms with Gasteiger partial charge >= 0.3 is 5.97 Å². The lowest BCUT2D eigenvalue weighted by atomic mass is 10.0. The summed E-state index contributed by atoms with van der Waals surface area (Å²) in [6.45, 7) is 1.62. The molecule has 0 fully saturated rings. The molecule has 0 saturated heterocycles. The fourth-order valence-electron chi connectivity index (χ4n) is 3.22. The van der Waals surface area contributed by atoms with Crippen molar-refractivity contribution in [2.75, 3.05) is 0 Å². The monoisotopic (exact) mass is 472 g/mol. The van der Waals surface area contributed by atoms with Gasteiger partial charge in [-0.05, 0) is 77.9 Å². The first-order valence-corrected chi connectivity index (χ1v) is 10.9. The molecular formula is C27H21ClN2O4. The molecule has 0 heterocycles. The number of nitrogens with one attached hydrogen (secondary N) is 1. The predicted octanol–water partition coefficient (Wildman–Crippen LogP) is 5.63. The molecule has 4 rings (SSSR count). The van der Waals surface area contributed by atoms with E-state index in [-0.39, 0.29) is 0 Å². The second kappa shape index (κ2) is 10.6. The first kappa shape index (κ1) is 23.0. The zero-order valence-corrected chi connectivity index (χ0v) is 19.0. The first-order chi connectivity index (χ1) is 16.5. The molecule has 0 spiro atoms. The Kier molecular flexibility index (Phi) is 7.20. The number of hydrazone groups is 1. The summed E-state index contributed by atoms with van der Waals surface area (Å²) >= 11 is 5.84. The minimum Gasteiger partial charge on any atom is -0.481 e. The Hall–Kier alpha value is -4.16. The molecule has 0 aromatic heterocycles. The molecule has 4 aromatic carbocycles. The molecule has 0 bridgehead atoms. The van der Waals surface area contributed by atoms with Crippen molar-refractivity contribution in [2.24, 2.45) is 5.10 Å². The summed E-state index contributed by atoms with van der Waals surface area (Å²) in [5.41, 5.74) is 3.66. The van der Waals surface area contributed by atoms with Crippen LogP contribution >= 0.6 is 11.6 Å². The van der Waals surface area contributed by atoms with Crippen LogP contribution in [0.2, 0.25) is 5.02 Å². The average molecular weight is 473 g/mol. The van der Waals surface area contributed by atoms with Gasteiger partial charge in [0.1, 0.15) is 11.5 Å². The number of nitrogens with zero attached hydrogens (tertiary/aromatic N) is 1. The second-order valence-corrected chi connectivity index (χ2v) is 7.87. The Balaban J connectivity index is 1.32. The van der Waals surface area contributed by atoms with Gasteiger partial charge in [-0.2, -0.15) is 5.10 Å². The summed E-state index contributed by atoms with van der Waals surface area (Å²) in [7, 11) is 0. The standard InChI is InChI=1S/C27H21ClN2O4/c1-18(33-22-15-11-21(28)12-16-22)26(31)30-29-17-19-9-13-23(14-10-19)34-27(32)25-8-4-6-20-5-2-3-7-24(20)25/h2-18H,1H3,(H,30,31)/b29-17+. The quantitative estimate of drug-likeness (QED) is 0.164. The Morgan fingerprint density at radius 3 is 2.32 bits per heavy atom. The van der Waals surface area contributed by atoms with E-state index >= 15 is 0 Å². The molecule has 0 aliphatic rings. The van der Waals surface area contributed by atoms with Gasteiger partial charge in [-0.15, -0.1) is 0 Å². The van der Waals surface area contributed by atoms with Gasteiger partial charge in [-0.1, -0.05) is 48.0 Å². The zero-order chi connectivity index (χ0) is 23.9. The van der Waals surface area contributed by atoms with Crippen LogP contribution in [0, 0.1) is 0 Å². The van der Waals surface area contributed by atoms with Gasteiger partial charge in [0.05, 0.1) is 11.8 Å². The Morgan fingerprint density at radius 2 is 1.56 bits per heavy atom. The molecule has 1 N–H and O–H groups in total. The highest BCUT2D eigenvalue weighted by Gasteiger charge is 2.14. The zero-order valence-electron chi connectivity index (χ0n) is 18.3. The lowest BCUT2D eigenvalue weighted by Crippen LogP contribution is -2.33. The number of amides is 1. The molecule has 0 radical (unpaired) electrons. The number of fused-ring (bicyclic) bond motifs is 1. The van der Waals surface area contributed by atoms with Gasteiger partial charge < -0.3 is 9.47 Å². The largest absolute Gasteiger partial charge is 0.481 e. The predicted molar refractivity (Wildman–Crippen MR) is 133 cm³/mol. The normalized spacial score (nSPS) is 11.8. The topological polar surface area (TPSA) is 77.0 Å². The Morgan fingerprint density at radius 1 is 0.882 bits per heavy atom. The summed E-state index contributed by atoms with van der Waals surface area (Å²) in [6.07, 6.45) is 0.748. The van der Waals surface area contributed by atoms with Gasteiger partial charge in [-0.3, -0.25) is 4.79 Å². The van der Waals surface area contributed by atoms with Crippen LogP contribution in [0.25, 0.3) is 10.8 Å².